The predicted molar refractivity (Wildman–Crippen MR) is 103 cm³/mol. The predicted octanol–water partition coefficient (Wildman–Crippen LogP) is 5.36. The number of aryl methyl sites for hydroxylation is 2. The van der Waals surface area contributed by atoms with E-state index in [2.05, 4.69) is 83.9 Å². The number of fused-ring (bicyclic) bond motifs is 2. The number of para-hydroxylation sites is 1. The summed E-state index contributed by atoms with van der Waals surface area (Å²) in [4.78, 5) is 7.89. The van der Waals surface area contributed by atoms with Crippen LogP contribution in [0.25, 0.3) is 22.2 Å². The summed E-state index contributed by atoms with van der Waals surface area (Å²) in [5.41, 5.74) is 9.72. The summed E-state index contributed by atoms with van der Waals surface area (Å²) in [6.45, 7) is 4.33. The summed E-state index contributed by atoms with van der Waals surface area (Å²) in [6, 6.07) is 17.4. The van der Waals surface area contributed by atoms with Crippen molar-refractivity contribution in [3.63, 3.8) is 0 Å². The Labute approximate surface area is 146 Å². The molecule has 4 aromatic rings. The quantitative estimate of drug-likeness (QED) is 0.494. The second-order valence-electron chi connectivity index (χ2n) is 6.79. The van der Waals surface area contributed by atoms with Gasteiger partial charge in [-0.15, -0.1) is 0 Å². The Kier molecular flexibility index (Phi) is 2.98. The number of nitrogens with zero attached hydrogens (tertiary/aromatic N) is 1. The van der Waals surface area contributed by atoms with Crippen molar-refractivity contribution in [2.45, 2.75) is 19.9 Å². The number of aromatic nitrogens is 2. The molecule has 3 heterocycles. The fourth-order valence-electron chi connectivity index (χ4n) is 3.82. The lowest BCUT2D eigenvalue weighted by molar-refractivity contribution is 0.948. The summed E-state index contributed by atoms with van der Waals surface area (Å²) in [6.07, 6.45) is 3.98. The molecule has 0 aliphatic carbocycles. The van der Waals surface area contributed by atoms with Gasteiger partial charge in [0, 0.05) is 34.6 Å². The maximum atomic E-state index is 4.54. The van der Waals surface area contributed by atoms with Crippen molar-refractivity contribution < 1.29 is 0 Å². The highest BCUT2D eigenvalue weighted by atomic mass is 14.9. The minimum absolute atomic E-state index is 0.0969. The zero-order valence-electron chi connectivity index (χ0n) is 14.3. The molecule has 1 unspecified atom stereocenters. The zero-order chi connectivity index (χ0) is 17.0. The third-order valence-corrected chi connectivity index (χ3v) is 5.30. The zero-order valence-corrected chi connectivity index (χ0v) is 14.3. The van der Waals surface area contributed by atoms with Gasteiger partial charge >= 0.3 is 0 Å². The molecule has 122 valence electrons. The van der Waals surface area contributed by atoms with Crippen LogP contribution in [0.2, 0.25) is 0 Å². The molecule has 1 atom stereocenters. The van der Waals surface area contributed by atoms with Crippen LogP contribution in [-0.2, 0) is 0 Å². The van der Waals surface area contributed by atoms with E-state index >= 15 is 0 Å². The molecule has 2 aromatic heterocycles. The first kappa shape index (κ1) is 14.3. The van der Waals surface area contributed by atoms with Crippen LogP contribution in [0.1, 0.15) is 28.3 Å². The van der Waals surface area contributed by atoms with Crippen molar-refractivity contribution in [1.82, 2.24) is 9.97 Å². The number of nitrogens with one attached hydrogen (secondary N) is 2. The molecule has 3 heteroatoms. The lowest BCUT2D eigenvalue weighted by Gasteiger charge is -2.20. The molecule has 1 aliphatic rings. The molecule has 0 amide bonds. The van der Waals surface area contributed by atoms with E-state index in [9.17, 15) is 0 Å². The molecule has 0 fully saturated rings. The first-order chi connectivity index (χ1) is 12.2. The van der Waals surface area contributed by atoms with Gasteiger partial charge in [0.05, 0.1) is 6.04 Å². The maximum Gasteiger partial charge on any atom is 0.138 e. The van der Waals surface area contributed by atoms with Crippen LogP contribution in [-0.4, -0.2) is 9.97 Å². The highest BCUT2D eigenvalue weighted by Gasteiger charge is 2.25. The molecule has 5 rings (SSSR count). The minimum atomic E-state index is 0.0969. The second kappa shape index (κ2) is 5.21. The van der Waals surface area contributed by atoms with Gasteiger partial charge in [-0.3, -0.25) is 0 Å². The molecule has 0 bridgehead atoms. The van der Waals surface area contributed by atoms with Gasteiger partial charge in [-0.05, 0) is 48.2 Å². The van der Waals surface area contributed by atoms with Gasteiger partial charge < -0.3 is 10.3 Å². The number of anilines is 1. The number of hydrogen-bond acceptors (Lipinski definition) is 2. The van der Waals surface area contributed by atoms with Gasteiger partial charge in [0.2, 0.25) is 0 Å². The highest BCUT2D eigenvalue weighted by Crippen LogP contribution is 2.43. The Bertz CT molecular complexity index is 1110. The molecule has 2 N–H and O–H groups in total. The largest absolute Gasteiger partial charge is 0.374 e. The number of aromatic amines is 1. The normalized spacial score (nSPS) is 15.5. The van der Waals surface area contributed by atoms with Crippen molar-refractivity contribution in [2.24, 2.45) is 0 Å². The SMILES string of the molecule is Cc1ccc(C2Nc3ccccc3-c3ccnc4[nH]cc2c34)cc1C. The van der Waals surface area contributed by atoms with E-state index < -0.39 is 0 Å². The van der Waals surface area contributed by atoms with E-state index in [1.807, 2.05) is 6.20 Å². The molecular formula is C22H19N3. The lowest BCUT2D eigenvalue weighted by atomic mass is 9.95. The maximum absolute atomic E-state index is 4.54. The topological polar surface area (TPSA) is 40.7 Å². The van der Waals surface area contributed by atoms with E-state index in [4.69, 9.17) is 0 Å². The Morgan fingerprint density at radius 3 is 2.68 bits per heavy atom. The first-order valence-corrected chi connectivity index (χ1v) is 8.61. The third kappa shape index (κ3) is 2.09. The van der Waals surface area contributed by atoms with Gasteiger partial charge in [0.15, 0.2) is 0 Å². The van der Waals surface area contributed by atoms with Crippen molar-refractivity contribution in [2.75, 3.05) is 5.32 Å². The van der Waals surface area contributed by atoms with Crippen LogP contribution in [0.5, 0.6) is 0 Å². The van der Waals surface area contributed by atoms with Gasteiger partial charge in [-0.1, -0.05) is 36.4 Å². The van der Waals surface area contributed by atoms with Gasteiger partial charge in [-0.25, -0.2) is 4.98 Å². The van der Waals surface area contributed by atoms with E-state index in [0.29, 0.717) is 0 Å². The molecule has 2 aromatic carbocycles. The number of H-pyrrole nitrogens is 1. The monoisotopic (exact) mass is 325 g/mol. The van der Waals surface area contributed by atoms with Crippen molar-refractivity contribution in [1.29, 1.82) is 0 Å². The number of hydrogen-bond donors (Lipinski definition) is 2. The molecule has 25 heavy (non-hydrogen) atoms. The third-order valence-electron chi connectivity index (χ3n) is 5.30. The van der Waals surface area contributed by atoms with Crippen LogP contribution < -0.4 is 5.32 Å². The fraction of sp³-hybridized carbons (Fsp3) is 0.136. The molecule has 1 aliphatic heterocycles. The van der Waals surface area contributed by atoms with Crippen molar-refractivity contribution in [3.05, 3.63) is 83.2 Å². The van der Waals surface area contributed by atoms with Crippen LogP contribution in [0.4, 0.5) is 5.69 Å². The van der Waals surface area contributed by atoms with E-state index in [-0.39, 0.29) is 6.04 Å². The summed E-state index contributed by atoms with van der Waals surface area (Å²) < 4.78 is 0. The van der Waals surface area contributed by atoms with E-state index in [1.165, 1.54) is 38.8 Å². The highest BCUT2D eigenvalue weighted by molar-refractivity contribution is 6.01. The first-order valence-electron chi connectivity index (χ1n) is 8.61. The Balaban J connectivity index is 1.83. The Morgan fingerprint density at radius 2 is 1.80 bits per heavy atom. The second-order valence-corrected chi connectivity index (χ2v) is 6.79. The minimum Gasteiger partial charge on any atom is -0.374 e. The summed E-state index contributed by atoms with van der Waals surface area (Å²) >= 11 is 0. The Hall–Kier alpha value is -3.07. The van der Waals surface area contributed by atoms with Gasteiger partial charge in [0.25, 0.3) is 0 Å². The van der Waals surface area contributed by atoms with Crippen LogP contribution in [0, 0.1) is 13.8 Å². The number of rotatable bonds is 1. The van der Waals surface area contributed by atoms with Gasteiger partial charge in [0.1, 0.15) is 5.65 Å². The molecule has 0 saturated carbocycles. The summed E-state index contributed by atoms with van der Waals surface area (Å²) in [5, 5.41) is 4.98. The van der Waals surface area contributed by atoms with Crippen molar-refractivity contribution >= 4 is 16.7 Å². The molecule has 3 nitrogen and oxygen atoms in total. The van der Waals surface area contributed by atoms with Crippen LogP contribution in [0.15, 0.2) is 60.9 Å². The smallest absolute Gasteiger partial charge is 0.138 e. The van der Waals surface area contributed by atoms with Crippen LogP contribution >= 0.6 is 0 Å². The summed E-state index contributed by atoms with van der Waals surface area (Å²) in [7, 11) is 0. The number of pyridine rings is 1. The van der Waals surface area contributed by atoms with E-state index in [1.54, 1.807) is 0 Å². The fourth-order valence-corrected chi connectivity index (χ4v) is 3.82. The summed E-state index contributed by atoms with van der Waals surface area (Å²) in [5.74, 6) is 0. The van der Waals surface area contributed by atoms with Crippen LogP contribution in [0.3, 0.4) is 0 Å². The van der Waals surface area contributed by atoms with E-state index in [0.717, 1.165) is 11.3 Å². The molecule has 0 radical (unpaired) electrons. The Morgan fingerprint density at radius 1 is 0.920 bits per heavy atom. The standard InChI is InChI=1S/C22H19N3/c1-13-7-8-15(11-14(13)2)21-18-12-24-22-20(18)17(9-10-23-22)16-5-3-4-6-19(16)25-21/h3-12,21,25H,1-2H3,(H,23,24). The van der Waals surface area contributed by atoms with Crippen molar-refractivity contribution in [3.8, 4) is 11.1 Å². The molecule has 0 spiro atoms. The average Bonchev–Trinajstić information content (AvgIpc) is 3.00. The molecule has 0 saturated heterocycles. The average molecular weight is 325 g/mol. The van der Waals surface area contributed by atoms with Gasteiger partial charge in [-0.2, -0.15) is 0 Å². The lowest BCUT2D eigenvalue weighted by Crippen LogP contribution is -2.11. The molecular weight excluding hydrogens is 306 g/mol. The number of benzene rings is 2.